The summed E-state index contributed by atoms with van der Waals surface area (Å²) in [5, 5.41) is 0. The minimum Gasteiger partial charge on any atom is -0.495 e. The Kier molecular flexibility index (Phi) is 5.79. The van der Waals surface area contributed by atoms with Crippen molar-refractivity contribution in [2.45, 2.75) is 39.2 Å². The summed E-state index contributed by atoms with van der Waals surface area (Å²) < 4.78 is 17.1. The second-order valence-corrected chi connectivity index (χ2v) is 7.72. The van der Waals surface area contributed by atoms with Crippen molar-refractivity contribution in [1.29, 1.82) is 0 Å². The Hall–Kier alpha value is -3.22. The number of aromatic nitrogens is 4. The van der Waals surface area contributed by atoms with Gasteiger partial charge in [0.15, 0.2) is 0 Å². The van der Waals surface area contributed by atoms with Gasteiger partial charge in [0.25, 0.3) is 0 Å². The fourth-order valence-corrected chi connectivity index (χ4v) is 3.35. The van der Waals surface area contributed by atoms with Crippen molar-refractivity contribution in [2.24, 2.45) is 5.92 Å². The molecule has 3 aromatic rings. The molecule has 156 valence electrons. The Bertz CT molecular complexity index is 1010. The predicted molar refractivity (Wildman–Crippen MR) is 113 cm³/mol. The van der Waals surface area contributed by atoms with Gasteiger partial charge < -0.3 is 14.2 Å². The molecular weight excluding hydrogens is 380 g/mol. The largest absolute Gasteiger partial charge is 0.495 e. The van der Waals surface area contributed by atoms with Crippen LogP contribution < -0.4 is 14.2 Å². The lowest BCUT2D eigenvalue weighted by Crippen LogP contribution is -2.07. The van der Waals surface area contributed by atoms with E-state index in [1.807, 2.05) is 45.0 Å². The summed E-state index contributed by atoms with van der Waals surface area (Å²) in [6.07, 6.45) is 6.39. The fraction of sp³-hybridized carbons (Fsp3) is 0.391. The summed E-state index contributed by atoms with van der Waals surface area (Å²) in [5.74, 6) is 3.43. The Balaban J connectivity index is 1.47. The van der Waals surface area contributed by atoms with Gasteiger partial charge in [0, 0.05) is 36.0 Å². The lowest BCUT2D eigenvalue weighted by atomic mass is 10.1. The number of hydrogen-bond donors (Lipinski definition) is 0. The molecule has 0 bridgehead atoms. The molecule has 0 N–H and O–H groups in total. The molecule has 1 fully saturated rings. The molecule has 3 heterocycles. The van der Waals surface area contributed by atoms with Gasteiger partial charge in [0.05, 0.1) is 31.6 Å². The molecule has 4 rings (SSSR count). The average molecular weight is 406 g/mol. The summed E-state index contributed by atoms with van der Waals surface area (Å²) >= 11 is 0. The number of nitrogens with zero attached hydrogens (tertiary/aromatic N) is 4. The van der Waals surface area contributed by atoms with E-state index in [2.05, 4.69) is 19.9 Å². The van der Waals surface area contributed by atoms with Gasteiger partial charge in [-0.15, -0.1) is 0 Å². The lowest BCUT2D eigenvalue weighted by Gasteiger charge is -2.13. The van der Waals surface area contributed by atoms with Crippen LogP contribution in [0.2, 0.25) is 0 Å². The van der Waals surface area contributed by atoms with E-state index >= 15 is 0 Å². The topological polar surface area (TPSA) is 79.2 Å². The first-order chi connectivity index (χ1) is 14.5. The minimum atomic E-state index is 0.0519. The summed E-state index contributed by atoms with van der Waals surface area (Å²) in [7, 11) is 1.65. The van der Waals surface area contributed by atoms with Gasteiger partial charge in [-0.1, -0.05) is 0 Å². The van der Waals surface area contributed by atoms with Gasteiger partial charge in [-0.3, -0.25) is 4.98 Å². The summed E-state index contributed by atoms with van der Waals surface area (Å²) in [4.78, 5) is 17.7. The second-order valence-electron chi connectivity index (χ2n) is 7.72. The zero-order valence-electron chi connectivity index (χ0n) is 17.7. The van der Waals surface area contributed by atoms with Crippen LogP contribution in [0.15, 0.2) is 42.9 Å². The molecule has 1 unspecified atom stereocenters. The van der Waals surface area contributed by atoms with Crippen molar-refractivity contribution >= 4 is 0 Å². The molecule has 0 radical (unpaired) electrons. The van der Waals surface area contributed by atoms with E-state index in [9.17, 15) is 0 Å². The van der Waals surface area contributed by atoms with Crippen LogP contribution in [0.3, 0.4) is 0 Å². The molecule has 0 aromatic carbocycles. The number of rotatable bonds is 8. The molecule has 0 aliphatic heterocycles. The van der Waals surface area contributed by atoms with E-state index < -0.39 is 0 Å². The van der Waals surface area contributed by atoms with Gasteiger partial charge in [-0.25, -0.2) is 9.97 Å². The van der Waals surface area contributed by atoms with E-state index in [1.54, 1.807) is 25.7 Å². The summed E-state index contributed by atoms with van der Waals surface area (Å²) in [5.41, 5.74) is 2.82. The Morgan fingerprint density at radius 2 is 1.97 bits per heavy atom. The highest BCUT2D eigenvalue weighted by atomic mass is 16.5. The Labute approximate surface area is 176 Å². The third kappa shape index (κ3) is 4.67. The average Bonchev–Trinajstić information content (AvgIpc) is 3.52. The normalized spacial score (nSPS) is 17.6. The number of methoxy groups -OCH3 is 1. The SMILES string of the molecule is COc1ccc(C2C[C@@H]2COc2nc(C)ncc2-c2ccnc(OC(C)C)c2)nc1. The van der Waals surface area contributed by atoms with E-state index in [1.165, 1.54) is 0 Å². The fourth-order valence-electron chi connectivity index (χ4n) is 3.35. The predicted octanol–water partition coefficient (Wildman–Crippen LogP) is 4.22. The van der Waals surface area contributed by atoms with Crippen LogP contribution in [0.5, 0.6) is 17.5 Å². The van der Waals surface area contributed by atoms with Crippen molar-refractivity contribution in [3.8, 4) is 28.6 Å². The van der Waals surface area contributed by atoms with Crippen LogP contribution in [0.1, 0.15) is 37.7 Å². The van der Waals surface area contributed by atoms with Crippen LogP contribution in [0.4, 0.5) is 0 Å². The van der Waals surface area contributed by atoms with E-state index in [0.717, 1.165) is 29.0 Å². The molecule has 1 aliphatic carbocycles. The monoisotopic (exact) mass is 406 g/mol. The number of aryl methyl sites for hydroxylation is 1. The molecule has 1 aliphatic rings. The van der Waals surface area contributed by atoms with Crippen LogP contribution in [-0.4, -0.2) is 39.8 Å². The van der Waals surface area contributed by atoms with E-state index in [0.29, 0.717) is 36.0 Å². The molecule has 0 spiro atoms. The van der Waals surface area contributed by atoms with Gasteiger partial charge in [0.1, 0.15) is 11.6 Å². The van der Waals surface area contributed by atoms with E-state index in [4.69, 9.17) is 14.2 Å². The molecule has 30 heavy (non-hydrogen) atoms. The molecule has 1 saturated carbocycles. The van der Waals surface area contributed by atoms with Crippen LogP contribution in [-0.2, 0) is 0 Å². The van der Waals surface area contributed by atoms with Gasteiger partial charge in [-0.05, 0) is 51.0 Å². The number of pyridine rings is 2. The van der Waals surface area contributed by atoms with Crippen molar-refractivity contribution < 1.29 is 14.2 Å². The van der Waals surface area contributed by atoms with Crippen molar-refractivity contribution in [2.75, 3.05) is 13.7 Å². The molecule has 7 nitrogen and oxygen atoms in total. The van der Waals surface area contributed by atoms with Crippen LogP contribution >= 0.6 is 0 Å². The zero-order valence-corrected chi connectivity index (χ0v) is 17.7. The molecule has 0 amide bonds. The van der Waals surface area contributed by atoms with Gasteiger partial charge in [0.2, 0.25) is 11.8 Å². The third-order valence-corrected chi connectivity index (χ3v) is 5.01. The maximum atomic E-state index is 6.15. The molecular formula is C23H26N4O3. The van der Waals surface area contributed by atoms with Crippen molar-refractivity contribution in [1.82, 2.24) is 19.9 Å². The Morgan fingerprint density at radius 1 is 1.10 bits per heavy atom. The highest BCUT2D eigenvalue weighted by Crippen LogP contribution is 2.47. The minimum absolute atomic E-state index is 0.0519. The second kappa shape index (κ2) is 8.65. The molecule has 0 saturated heterocycles. The van der Waals surface area contributed by atoms with Crippen LogP contribution in [0.25, 0.3) is 11.1 Å². The smallest absolute Gasteiger partial charge is 0.224 e. The summed E-state index contributed by atoms with van der Waals surface area (Å²) in [6.45, 7) is 6.39. The van der Waals surface area contributed by atoms with Crippen LogP contribution in [0, 0.1) is 12.8 Å². The molecule has 7 heteroatoms. The summed E-state index contributed by atoms with van der Waals surface area (Å²) in [6, 6.07) is 7.78. The molecule has 3 aromatic heterocycles. The Morgan fingerprint density at radius 3 is 2.70 bits per heavy atom. The van der Waals surface area contributed by atoms with Gasteiger partial charge >= 0.3 is 0 Å². The standard InChI is InChI=1S/C23H26N4O3/c1-14(2)30-22-10-16(7-8-24-22)20-12-25-15(3)27-23(20)29-13-17-9-19(17)21-6-5-18(28-4)11-26-21/h5-8,10-12,14,17,19H,9,13H2,1-4H3/t17-,19?/m1/s1. The van der Waals surface area contributed by atoms with Crippen molar-refractivity contribution in [3.05, 3.63) is 54.4 Å². The highest BCUT2D eigenvalue weighted by Gasteiger charge is 2.40. The first kappa shape index (κ1) is 20.1. The number of ether oxygens (including phenoxy) is 3. The first-order valence-corrected chi connectivity index (χ1v) is 10.1. The zero-order chi connectivity index (χ0) is 21.1. The maximum Gasteiger partial charge on any atom is 0.224 e. The third-order valence-electron chi connectivity index (χ3n) is 5.01. The number of hydrogen-bond acceptors (Lipinski definition) is 7. The molecule has 2 atom stereocenters. The quantitative estimate of drug-likeness (QED) is 0.554. The lowest BCUT2D eigenvalue weighted by molar-refractivity contribution is 0.233. The van der Waals surface area contributed by atoms with Gasteiger partial charge in [-0.2, -0.15) is 4.98 Å². The first-order valence-electron chi connectivity index (χ1n) is 10.1. The van der Waals surface area contributed by atoms with Crippen molar-refractivity contribution in [3.63, 3.8) is 0 Å². The maximum absolute atomic E-state index is 6.15. The van der Waals surface area contributed by atoms with E-state index in [-0.39, 0.29) is 6.10 Å². The highest BCUT2D eigenvalue weighted by molar-refractivity contribution is 5.68.